The number of hydrogen-bond acceptors (Lipinski definition) is 6. The predicted molar refractivity (Wildman–Crippen MR) is 170 cm³/mol. The van der Waals surface area contributed by atoms with E-state index >= 15 is 0 Å². The molecule has 0 unspecified atom stereocenters. The molecule has 0 saturated carbocycles. The van der Waals surface area contributed by atoms with E-state index in [4.69, 9.17) is 18.9 Å². The zero-order valence-electron chi connectivity index (χ0n) is 25.9. The van der Waals surface area contributed by atoms with Gasteiger partial charge in [-0.05, 0) is 71.8 Å². The molecule has 0 bridgehead atoms. The third-order valence-electron chi connectivity index (χ3n) is 7.61. The average Bonchev–Trinajstić information content (AvgIpc) is 3.04. The molecule has 0 atom stereocenters. The van der Waals surface area contributed by atoms with Gasteiger partial charge in [-0.3, -0.25) is 9.59 Å². The van der Waals surface area contributed by atoms with Crippen molar-refractivity contribution in [2.45, 2.75) is 32.7 Å². The van der Waals surface area contributed by atoms with Crippen molar-refractivity contribution in [2.75, 3.05) is 35.0 Å². The highest BCUT2D eigenvalue weighted by Gasteiger charge is 2.21. The minimum atomic E-state index is -0.941. The number of rotatable bonds is 14. The molecule has 0 saturated heterocycles. The fourth-order valence-electron chi connectivity index (χ4n) is 5.27. The van der Waals surface area contributed by atoms with E-state index in [1.807, 2.05) is 54.3 Å². The molecule has 0 aliphatic rings. The lowest BCUT2D eigenvalue weighted by Crippen LogP contribution is -2.32. The van der Waals surface area contributed by atoms with Crippen molar-refractivity contribution in [2.24, 2.45) is 0 Å². The molecular formula is C36H39NO7. The first-order valence-corrected chi connectivity index (χ1v) is 14.4. The molecule has 4 aromatic rings. The van der Waals surface area contributed by atoms with Gasteiger partial charge in [0, 0.05) is 24.2 Å². The van der Waals surface area contributed by atoms with Crippen LogP contribution in [0.4, 0.5) is 0 Å². The Morgan fingerprint density at radius 1 is 0.727 bits per heavy atom. The van der Waals surface area contributed by atoms with Gasteiger partial charge >= 0.3 is 5.97 Å². The summed E-state index contributed by atoms with van der Waals surface area (Å²) in [5, 5.41) is 9.52. The number of aliphatic carboxylic acids is 1. The number of hydrogen-bond donors (Lipinski definition) is 1. The number of carbonyl (C=O) groups excluding carboxylic acids is 1. The highest BCUT2D eigenvalue weighted by atomic mass is 16.5. The minimum Gasteiger partial charge on any atom is -0.496 e. The van der Waals surface area contributed by atoms with Crippen molar-refractivity contribution >= 4 is 11.9 Å². The van der Waals surface area contributed by atoms with E-state index < -0.39 is 5.97 Å². The highest BCUT2D eigenvalue weighted by Crippen LogP contribution is 2.36. The predicted octanol–water partition coefficient (Wildman–Crippen LogP) is 6.60. The standard InChI is InChI=1S/C36H39NO7/c1-24-31(41-2)19-29(20-32(24)42-3)36(40)37(17-9-12-25-10-7-6-8-11-25)23-26-13-15-27(16-14-26)30-22-34(44-5)33(43-4)18-28(30)21-35(38)39/h6-8,10-11,13-16,18-20,22H,9,12,17,21,23H2,1-5H3,(H,38,39). The fraction of sp³-hybridized carbons (Fsp3) is 0.278. The third-order valence-corrected chi connectivity index (χ3v) is 7.61. The van der Waals surface area contributed by atoms with Gasteiger partial charge in [0.2, 0.25) is 0 Å². The normalized spacial score (nSPS) is 10.7. The number of carbonyl (C=O) groups is 2. The number of nitrogens with zero attached hydrogens (tertiary/aromatic N) is 1. The second-order valence-electron chi connectivity index (χ2n) is 10.5. The molecule has 4 rings (SSSR count). The van der Waals surface area contributed by atoms with E-state index in [9.17, 15) is 14.7 Å². The SMILES string of the molecule is COc1cc(CC(=O)O)c(-c2ccc(CN(CCCc3ccccc3)C(=O)c3cc(OC)c(C)c(OC)c3)cc2)cc1OC. The number of carboxylic acid groups (broad SMARTS) is 1. The maximum atomic E-state index is 13.9. The number of carboxylic acids is 1. The molecule has 8 heteroatoms. The van der Waals surface area contributed by atoms with Crippen molar-refractivity contribution < 1.29 is 33.6 Å². The van der Waals surface area contributed by atoms with E-state index in [2.05, 4.69) is 12.1 Å². The van der Waals surface area contributed by atoms with Gasteiger partial charge in [-0.25, -0.2) is 0 Å². The molecule has 230 valence electrons. The van der Waals surface area contributed by atoms with Crippen LogP contribution in [0.3, 0.4) is 0 Å². The van der Waals surface area contributed by atoms with Gasteiger partial charge in [0.25, 0.3) is 5.91 Å². The van der Waals surface area contributed by atoms with Gasteiger partial charge < -0.3 is 29.0 Å². The Labute approximate surface area is 258 Å². The molecule has 4 aromatic carbocycles. The van der Waals surface area contributed by atoms with Gasteiger partial charge in [0.1, 0.15) is 11.5 Å². The van der Waals surface area contributed by atoms with Crippen LogP contribution in [0.25, 0.3) is 11.1 Å². The molecule has 8 nitrogen and oxygen atoms in total. The average molecular weight is 598 g/mol. The quantitative estimate of drug-likeness (QED) is 0.175. The molecule has 0 fully saturated rings. The maximum Gasteiger partial charge on any atom is 0.307 e. The van der Waals surface area contributed by atoms with Crippen molar-refractivity contribution in [1.29, 1.82) is 0 Å². The number of methoxy groups -OCH3 is 4. The molecule has 44 heavy (non-hydrogen) atoms. The molecule has 1 N–H and O–H groups in total. The van der Waals surface area contributed by atoms with Crippen molar-refractivity contribution in [3.8, 4) is 34.1 Å². The Balaban J connectivity index is 1.63. The molecule has 0 radical (unpaired) electrons. The second kappa shape index (κ2) is 15.0. The summed E-state index contributed by atoms with van der Waals surface area (Å²) in [7, 11) is 6.22. The summed E-state index contributed by atoms with van der Waals surface area (Å²) >= 11 is 0. The van der Waals surface area contributed by atoms with Crippen molar-refractivity contribution in [3.63, 3.8) is 0 Å². The smallest absolute Gasteiger partial charge is 0.307 e. The molecule has 0 heterocycles. The van der Waals surface area contributed by atoms with E-state index in [-0.39, 0.29) is 12.3 Å². The fourth-order valence-corrected chi connectivity index (χ4v) is 5.27. The van der Waals surface area contributed by atoms with Crippen LogP contribution in [0.5, 0.6) is 23.0 Å². The topological polar surface area (TPSA) is 94.5 Å². The minimum absolute atomic E-state index is 0.123. The molecule has 1 amide bonds. The Hall–Kier alpha value is -4.98. The Morgan fingerprint density at radius 2 is 1.32 bits per heavy atom. The summed E-state index contributed by atoms with van der Waals surface area (Å²) in [5.74, 6) is 1.10. The van der Waals surface area contributed by atoms with Crippen LogP contribution in [-0.4, -0.2) is 56.9 Å². The lowest BCUT2D eigenvalue weighted by Gasteiger charge is -2.24. The summed E-state index contributed by atoms with van der Waals surface area (Å²) in [4.78, 5) is 27.4. The highest BCUT2D eigenvalue weighted by molar-refractivity contribution is 5.95. The van der Waals surface area contributed by atoms with Gasteiger partial charge in [0.05, 0.1) is 34.9 Å². The van der Waals surface area contributed by atoms with Crippen molar-refractivity contribution in [3.05, 3.63) is 107 Å². The monoisotopic (exact) mass is 597 g/mol. The number of amides is 1. The molecule has 0 aliphatic heterocycles. The summed E-state index contributed by atoms with van der Waals surface area (Å²) in [6.45, 7) is 2.83. The largest absolute Gasteiger partial charge is 0.496 e. The number of ether oxygens (including phenoxy) is 4. The molecular weight excluding hydrogens is 558 g/mol. The summed E-state index contributed by atoms with van der Waals surface area (Å²) in [6.07, 6.45) is 1.47. The van der Waals surface area contributed by atoms with E-state index in [1.54, 1.807) is 45.6 Å². The zero-order chi connectivity index (χ0) is 31.6. The number of aryl methyl sites for hydroxylation is 1. The Kier molecular flexibility index (Phi) is 10.9. The third kappa shape index (κ3) is 7.69. The van der Waals surface area contributed by atoms with Crippen LogP contribution < -0.4 is 18.9 Å². The van der Waals surface area contributed by atoms with Gasteiger partial charge in [-0.15, -0.1) is 0 Å². The van der Waals surface area contributed by atoms with E-state index in [0.29, 0.717) is 47.2 Å². The first kappa shape index (κ1) is 31.9. The van der Waals surface area contributed by atoms with Crippen LogP contribution in [0.15, 0.2) is 78.9 Å². The maximum absolute atomic E-state index is 13.9. The molecule has 0 aliphatic carbocycles. The van der Waals surface area contributed by atoms with Crippen LogP contribution in [0.2, 0.25) is 0 Å². The molecule has 0 spiro atoms. The van der Waals surface area contributed by atoms with Crippen LogP contribution in [-0.2, 0) is 24.2 Å². The number of benzene rings is 4. The summed E-state index contributed by atoms with van der Waals surface area (Å²) in [5.41, 5.74) is 5.66. The molecule has 0 aromatic heterocycles. The van der Waals surface area contributed by atoms with E-state index in [0.717, 1.165) is 35.1 Å². The Morgan fingerprint density at radius 3 is 1.89 bits per heavy atom. The first-order valence-electron chi connectivity index (χ1n) is 14.4. The van der Waals surface area contributed by atoms with Gasteiger partial charge in [-0.2, -0.15) is 0 Å². The Bertz CT molecular complexity index is 1560. The second-order valence-corrected chi connectivity index (χ2v) is 10.5. The zero-order valence-corrected chi connectivity index (χ0v) is 25.9. The van der Waals surface area contributed by atoms with E-state index in [1.165, 1.54) is 12.7 Å². The summed E-state index contributed by atoms with van der Waals surface area (Å²) < 4.78 is 21.9. The first-order chi connectivity index (χ1) is 21.3. The van der Waals surface area contributed by atoms with Crippen LogP contribution in [0, 0.1) is 6.92 Å². The van der Waals surface area contributed by atoms with Crippen molar-refractivity contribution in [1.82, 2.24) is 4.90 Å². The van der Waals surface area contributed by atoms with Crippen LogP contribution in [0.1, 0.15) is 39.0 Å². The lowest BCUT2D eigenvalue weighted by atomic mass is 9.96. The van der Waals surface area contributed by atoms with Gasteiger partial charge in [-0.1, -0.05) is 54.6 Å². The van der Waals surface area contributed by atoms with Gasteiger partial charge in [0.15, 0.2) is 11.5 Å². The lowest BCUT2D eigenvalue weighted by molar-refractivity contribution is -0.136. The van der Waals surface area contributed by atoms with Crippen LogP contribution >= 0.6 is 0 Å². The summed E-state index contributed by atoms with van der Waals surface area (Å²) in [6, 6.07) is 25.0.